The zero-order valence-electron chi connectivity index (χ0n) is 9.91. The summed E-state index contributed by atoms with van der Waals surface area (Å²) in [6.45, 7) is 1.45. The van der Waals surface area contributed by atoms with Crippen LogP contribution in [0.1, 0.15) is 18.9 Å². The lowest BCUT2D eigenvalue weighted by Gasteiger charge is -2.16. The molecule has 2 N–H and O–H groups in total. The number of carbonyl (C=O) groups is 1. The Balaban J connectivity index is 2.42. The Morgan fingerprint density at radius 3 is 2.47 bits per heavy atom. The van der Waals surface area contributed by atoms with Crippen molar-refractivity contribution < 1.29 is 15.0 Å². The summed E-state index contributed by atoms with van der Waals surface area (Å²) in [5, 5.41) is 19.4. The van der Waals surface area contributed by atoms with Crippen LogP contribution in [0.3, 0.4) is 0 Å². The first-order valence-electron chi connectivity index (χ1n) is 5.66. The molecule has 1 aromatic rings. The van der Waals surface area contributed by atoms with E-state index in [0.29, 0.717) is 6.42 Å². The molecule has 0 spiro atoms. The first kappa shape index (κ1) is 13.6. The van der Waals surface area contributed by atoms with Gasteiger partial charge in [0.1, 0.15) is 0 Å². The lowest BCUT2D eigenvalue weighted by molar-refractivity contribution is -0.112. The van der Waals surface area contributed by atoms with Gasteiger partial charge in [-0.2, -0.15) is 0 Å². The van der Waals surface area contributed by atoms with Crippen LogP contribution in [0.2, 0.25) is 0 Å². The molecule has 92 valence electrons. The molecule has 0 fully saturated rings. The molecule has 1 rings (SSSR count). The third kappa shape index (κ3) is 5.43. The molecule has 17 heavy (non-hydrogen) atoms. The number of aliphatic hydroxyl groups is 2. The molecule has 0 aliphatic heterocycles. The van der Waals surface area contributed by atoms with E-state index in [1.54, 1.807) is 6.08 Å². The summed E-state index contributed by atoms with van der Waals surface area (Å²) in [5.41, 5.74) is 0.981. The quantitative estimate of drug-likeness (QED) is 0.733. The van der Waals surface area contributed by atoms with Crippen molar-refractivity contribution in [2.45, 2.75) is 32.0 Å². The second-order valence-electron chi connectivity index (χ2n) is 4.07. The van der Waals surface area contributed by atoms with Crippen LogP contribution in [-0.2, 0) is 11.2 Å². The summed E-state index contributed by atoms with van der Waals surface area (Å²) in [6, 6.07) is 9.50. The highest BCUT2D eigenvalue weighted by atomic mass is 16.3. The Bertz CT molecular complexity index is 370. The molecule has 0 saturated carbocycles. The van der Waals surface area contributed by atoms with Crippen molar-refractivity contribution in [3.63, 3.8) is 0 Å². The fourth-order valence-electron chi connectivity index (χ4n) is 1.52. The molecular formula is C14H18O3. The van der Waals surface area contributed by atoms with Gasteiger partial charge in [-0.15, -0.1) is 0 Å². The largest absolute Gasteiger partial charge is 0.390 e. The Labute approximate surface area is 101 Å². The van der Waals surface area contributed by atoms with Crippen LogP contribution < -0.4 is 0 Å². The fourth-order valence-corrected chi connectivity index (χ4v) is 1.52. The number of benzene rings is 1. The van der Waals surface area contributed by atoms with E-state index >= 15 is 0 Å². The highest BCUT2D eigenvalue weighted by Crippen LogP contribution is 2.08. The van der Waals surface area contributed by atoms with E-state index < -0.39 is 12.2 Å². The maximum absolute atomic E-state index is 10.7. The zero-order chi connectivity index (χ0) is 12.7. The van der Waals surface area contributed by atoms with Gasteiger partial charge in [0, 0.05) is 6.42 Å². The van der Waals surface area contributed by atoms with E-state index in [2.05, 4.69) is 0 Å². The van der Waals surface area contributed by atoms with Crippen LogP contribution >= 0.6 is 0 Å². The number of carbonyl (C=O) groups excluding carboxylic acids is 1. The van der Waals surface area contributed by atoms with Crippen molar-refractivity contribution in [2.24, 2.45) is 0 Å². The maximum Gasteiger partial charge on any atom is 0.152 e. The number of hydrogen-bond acceptors (Lipinski definition) is 3. The molecule has 0 aliphatic rings. The molecule has 0 bridgehead atoms. The third-order valence-electron chi connectivity index (χ3n) is 2.46. The normalized spacial score (nSPS) is 14.8. The molecule has 1 aromatic carbocycles. The number of ketones is 1. The number of rotatable bonds is 6. The first-order valence-corrected chi connectivity index (χ1v) is 5.66. The molecule has 2 atom stereocenters. The highest BCUT2D eigenvalue weighted by Gasteiger charge is 2.15. The molecular weight excluding hydrogens is 216 g/mol. The standard InChI is InChI=1S/C14H18O3/c1-11(15)6-5-9-13(16)14(17)10-12-7-3-2-4-8-12/h2-8,13-14,16-17H,9-10H2,1H3/b6-5+/t13?,14-/m1/s1. The summed E-state index contributed by atoms with van der Waals surface area (Å²) in [6.07, 6.45) is 2.03. The van der Waals surface area contributed by atoms with Crippen LogP contribution in [0.25, 0.3) is 0 Å². The van der Waals surface area contributed by atoms with E-state index in [9.17, 15) is 15.0 Å². The average molecular weight is 234 g/mol. The van der Waals surface area contributed by atoms with Gasteiger partial charge in [0.2, 0.25) is 0 Å². The van der Waals surface area contributed by atoms with Crippen LogP contribution in [0.15, 0.2) is 42.5 Å². The summed E-state index contributed by atoms with van der Waals surface area (Å²) in [4.78, 5) is 10.7. The van der Waals surface area contributed by atoms with Crippen LogP contribution in [0.4, 0.5) is 0 Å². The Morgan fingerprint density at radius 1 is 1.24 bits per heavy atom. The van der Waals surface area contributed by atoms with E-state index in [4.69, 9.17) is 0 Å². The number of allylic oxidation sites excluding steroid dienone is 1. The lowest BCUT2D eigenvalue weighted by atomic mass is 10.0. The second-order valence-corrected chi connectivity index (χ2v) is 4.07. The van der Waals surface area contributed by atoms with Crippen molar-refractivity contribution in [2.75, 3.05) is 0 Å². The second kappa shape index (κ2) is 6.99. The van der Waals surface area contributed by atoms with Gasteiger partial charge in [0.15, 0.2) is 5.78 Å². The molecule has 1 unspecified atom stereocenters. The van der Waals surface area contributed by atoms with Gasteiger partial charge in [0.25, 0.3) is 0 Å². The van der Waals surface area contributed by atoms with Gasteiger partial charge < -0.3 is 10.2 Å². The Kier molecular flexibility index (Phi) is 5.60. The molecule has 3 nitrogen and oxygen atoms in total. The van der Waals surface area contributed by atoms with Crippen LogP contribution in [-0.4, -0.2) is 28.2 Å². The van der Waals surface area contributed by atoms with Gasteiger partial charge in [-0.25, -0.2) is 0 Å². The smallest absolute Gasteiger partial charge is 0.152 e. The molecule has 0 saturated heterocycles. The number of aliphatic hydroxyl groups excluding tert-OH is 2. The van der Waals surface area contributed by atoms with Crippen LogP contribution in [0.5, 0.6) is 0 Å². The molecule has 3 heteroatoms. The van der Waals surface area contributed by atoms with E-state index in [0.717, 1.165) is 5.56 Å². The summed E-state index contributed by atoms with van der Waals surface area (Å²) in [7, 11) is 0. The summed E-state index contributed by atoms with van der Waals surface area (Å²) >= 11 is 0. The highest BCUT2D eigenvalue weighted by molar-refractivity contribution is 5.87. The monoisotopic (exact) mass is 234 g/mol. The third-order valence-corrected chi connectivity index (χ3v) is 2.46. The molecule has 0 aliphatic carbocycles. The van der Waals surface area contributed by atoms with Gasteiger partial charge in [-0.1, -0.05) is 36.4 Å². The zero-order valence-corrected chi connectivity index (χ0v) is 9.91. The molecule has 0 amide bonds. The molecule has 0 heterocycles. The van der Waals surface area contributed by atoms with Crippen molar-refractivity contribution in [3.8, 4) is 0 Å². The van der Waals surface area contributed by atoms with Crippen molar-refractivity contribution >= 4 is 5.78 Å². The van der Waals surface area contributed by atoms with Crippen LogP contribution in [0, 0.1) is 0 Å². The van der Waals surface area contributed by atoms with Crippen molar-refractivity contribution in [3.05, 3.63) is 48.0 Å². The predicted molar refractivity (Wildman–Crippen MR) is 66.6 cm³/mol. The minimum absolute atomic E-state index is 0.0604. The van der Waals surface area contributed by atoms with Crippen molar-refractivity contribution in [1.29, 1.82) is 0 Å². The SMILES string of the molecule is CC(=O)/C=C/CC(O)[C@H](O)Cc1ccccc1. The maximum atomic E-state index is 10.7. The summed E-state index contributed by atoms with van der Waals surface area (Å²) < 4.78 is 0. The van der Waals surface area contributed by atoms with E-state index in [1.807, 2.05) is 30.3 Å². The topological polar surface area (TPSA) is 57.5 Å². The fraction of sp³-hybridized carbons (Fsp3) is 0.357. The average Bonchev–Trinajstić information content (AvgIpc) is 2.29. The van der Waals surface area contributed by atoms with E-state index in [1.165, 1.54) is 13.0 Å². The van der Waals surface area contributed by atoms with Crippen molar-refractivity contribution in [1.82, 2.24) is 0 Å². The van der Waals surface area contributed by atoms with Gasteiger partial charge in [-0.3, -0.25) is 4.79 Å². The Hall–Kier alpha value is -1.45. The minimum Gasteiger partial charge on any atom is -0.390 e. The molecule has 0 aromatic heterocycles. The molecule has 0 radical (unpaired) electrons. The lowest BCUT2D eigenvalue weighted by Crippen LogP contribution is -2.27. The van der Waals surface area contributed by atoms with Gasteiger partial charge >= 0.3 is 0 Å². The Morgan fingerprint density at radius 2 is 1.88 bits per heavy atom. The van der Waals surface area contributed by atoms with E-state index in [-0.39, 0.29) is 12.2 Å². The number of hydrogen-bond donors (Lipinski definition) is 2. The minimum atomic E-state index is -0.842. The van der Waals surface area contributed by atoms with Gasteiger partial charge in [-0.05, 0) is 25.0 Å². The first-order chi connectivity index (χ1) is 8.09. The predicted octanol–water partition coefficient (Wildman–Crippen LogP) is 1.49. The summed E-state index contributed by atoms with van der Waals surface area (Å²) in [5.74, 6) is -0.0604. The van der Waals surface area contributed by atoms with Gasteiger partial charge in [0.05, 0.1) is 12.2 Å².